The van der Waals surface area contributed by atoms with Crippen molar-refractivity contribution in [2.24, 2.45) is 0 Å². The second kappa shape index (κ2) is 11.7. The lowest BCUT2D eigenvalue weighted by Gasteiger charge is -2.04. The number of benzene rings is 2. The van der Waals surface area contributed by atoms with E-state index in [9.17, 15) is 4.79 Å². The van der Waals surface area contributed by atoms with Gasteiger partial charge in [-0.05, 0) is 84.3 Å². The SMILES string of the molecule is CCCCCCc1ccc(-c2ccc3c(c2)C(=O)c2cc(-c4ccc(CCCCCC)s4)ccc2-3)s1. The number of carbonyl (C=O) groups is 1. The first-order valence-electron chi connectivity index (χ1n) is 13.7. The molecule has 0 bridgehead atoms. The van der Waals surface area contributed by atoms with Crippen LogP contribution in [0.3, 0.4) is 0 Å². The third-order valence-corrected chi connectivity index (χ3v) is 9.65. The molecule has 0 spiro atoms. The quantitative estimate of drug-likeness (QED) is 0.152. The van der Waals surface area contributed by atoms with Gasteiger partial charge < -0.3 is 0 Å². The standard InChI is InChI=1S/C33H36OS2/c1-3-5-7-9-11-25-15-19-31(35-25)23-13-17-27-28-18-14-24(22-30(28)33(34)29(27)21-23)32-20-16-26(36-32)12-10-8-6-4-2/h13-22H,3-12H2,1-2H3. The van der Waals surface area contributed by atoms with E-state index in [0.29, 0.717) is 0 Å². The van der Waals surface area contributed by atoms with E-state index >= 15 is 0 Å². The average Bonchev–Trinajstić information content (AvgIpc) is 3.63. The fraction of sp³-hybridized carbons (Fsp3) is 0.364. The van der Waals surface area contributed by atoms with Gasteiger partial charge in [0.15, 0.2) is 5.78 Å². The second-order valence-electron chi connectivity index (χ2n) is 10.0. The molecule has 1 aliphatic carbocycles. The van der Waals surface area contributed by atoms with E-state index in [1.54, 1.807) is 0 Å². The summed E-state index contributed by atoms with van der Waals surface area (Å²) in [6, 6.07) is 21.9. The van der Waals surface area contributed by atoms with Crippen molar-refractivity contribution in [2.75, 3.05) is 0 Å². The van der Waals surface area contributed by atoms with Crippen molar-refractivity contribution in [3.8, 4) is 32.0 Å². The van der Waals surface area contributed by atoms with Crippen LogP contribution in [0.4, 0.5) is 0 Å². The molecule has 0 amide bonds. The smallest absolute Gasteiger partial charge is 0.194 e. The first-order chi connectivity index (χ1) is 17.7. The third-order valence-electron chi connectivity index (χ3n) is 7.26. The highest BCUT2D eigenvalue weighted by atomic mass is 32.1. The zero-order chi connectivity index (χ0) is 24.9. The van der Waals surface area contributed by atoms with E-state index < -0.39 is 0 Å². The van der Waals surface area contributed by atoms with Gasteiger partial charge in [0.05, 0.1) is 0 Å². The Bertz CT molecular complexity index is 1240. The fourth-order valence-corrected chi connectivity index (χ4v) is 7.26. The lowest BCUT2D eigenvalue weighted by atomic mass is 10.0. The number of fused-ring (bicyclic) bond motifs is 3. The predicted molar refractivity (Wildman–Crippen MR) is 158 cm³/mol. The van der Waals surface area contributed by atoms with E-state index in [1.165, 1.54) is 70.9 Å². The Morgan fingerprint density at radius 2 is 1.00 bits per heavy atom. The Morgan fingerprint density at radius 1 is 0.528 bits per heavy atom. The molecule has 2 aromatic carbocycles. The number of rotatable bonds is 12. The number of unbranched alkanes of at least 4 members (excludes halogenated alkanes) is 6. The van der Waals surface area contributed by atoms with Gasteiger partial charge in [0, 0.05) is 30.6 Å². The highest BCUT2D eigenvalue weighted by Gasteiger charge is 2.27. The Labute approximate surface area is 224 Å². The molecule has 2 heterocycles. The van der Waals surface area contributed by atoms with Gasteiger partial charge in [-0.15, -0.1) is 22.7 Å². The normalized spacial score (nSPS) is 12.2. The largest absolute Gasteiger partial charge is 0.289 e. The number of thiophene rings is 2. The molecule has 0 atom stereocenters. The molecule has 4 aromatic rings. The molecule has 0 aliphatic heterocycles. The Hall–Kier alpha value is -2.49. The van der Waals surface area contributed by atoms with E-state index in [1.807, 2.05) is 22.7 Å². The molecule has 0 radical (unpaired) electrons. The summed E-state index contributed by atoms with van der Waals surface area (Å²) >= 11 is 3.75. The highest BCUT2D eigenvalue weighted by molar-refractivity contribution is 7.15. The molecule has 1 aliphatic rings. The molecule has 0 unspecified atom stereocenters. The predicted octanol–water partition coefficient (Wildman–Crippen LogP) is 10.6. The Morgan fingerprint density at radius 3 is 1.44 bits per heavy atom. The van der Waals surface area contributed by atoms with Crippen LogP contribution in [-0.2, 0) is 12.8 Å². The van der Waals surface area contributed by atoms with E-state index in [0.717, 1.165) is 46.2 Å². The van der Waals surface area contributed by atoms with Crippen molar-refractivity contribution in [1.82, 2.24) is 0 Å². The topological polar surface area (TPSA) is 17.1 Å². The minimum atomic E-state index is 0.163. The second-order valence-corrected chi connectivity index (χ2v) is 12.3. The summed E-state index contributed by atoms with van der Waals surface area (Å²) in [5.74, 6) is 0.163. The van der Waals surface area contributed by atoms with Crippen molar-refractivity contribution >= 4 is 28.5 Å². The summed E-state index contributed by atoms with van der Waals surface area (Å²) in [5, 5.41) is 0. The Kier molecular flexibility index (Phi) is 8.19. The summed E-state index contributed by atoms with van der Waals surface area (Å²) in [6.07, 6.45) is 12.6. The minimum absolute atomic E-state index is 0.163. The summed E-state index contributed by atoms with van der Waals surface area (Å²) in [4.78, 5) is 18.9. The number of hydrogen-bond donors (Lipinski definition) is 0. The van der Waals surface area contributed by atoms with Crippen molar-refractivity contribution < 1.29 is 4.79 Å². The van der Waals surface area contributed by atoms with E-state index in [4.69, 9.17) is 0 Å². The number of ketones is 1. The molecule has 0 fully saturated rings. The summed E-state index contributed by atoms with van der Waals surface area (Å²) in [6.45, 7) is 4.51. The first-order valence-corrected chi connectivity index (χ1v) is 15.3. The molecule has 5 rings (SSSR count). The van der Waals surface area contributed by atoms with Crippen LogP contribution in [0.5, 0.6) is 0 Å². The lowest BCUT2D eigenvalue weighted by Crippen LogP contribution is -1.95. The van der Waals surface area contributed by atoms with Crippen molar-refractivity contribution in [2.45, 2.75) is 78.1 Å². The van der Waals surface area contributed by atoms with E-state index in [2.05, 4.69) is 74.5 Å². The Balaban J connectivity index is 1.32. The zero-order valence-electron chi connectivity index (χ0n) is 21.6. The minimum Gasteiger partial charge on any atom is -0.289 e. The lowest BCUT2D eigenvalue weighted by molar-refractivity contribution is 0.104. The molecule has 36 heavy (non-hydrogen) atoms. The van der Waals surface area contributed by atoms with Crippen molar-refractivity contribution in [3.05, 3.63) is 81.5 Å². The van der Waals surface area contributed by atoms with Crippen LogP contribution in [-0.4, -0.2) is 5.78 Å². The molecule has 2 aromatic heterocycles. The maximum absolute atomic E-state index is 13.5. The van der Waals surface area contributed by atoms with Crippen LogP contribution in [0.15, 0.2) is 60.7 Å². The molecular weight excluding hydrogens is 476 g/mol. The van der Waals surface area contributed by atoms with Crippen molar-refractivity contribution in [3.63, 3.8) is 0 Å². The van der Waals surface area contributed by atoms with Gasteiger partial charge in [-0.2, -0.15) is 0 Å². The van der Waals surface area contributed by atoms with Crippen LogP contribution < -0.4 is 0 Å². The first kappa shape index (κ1) is 25.2. The van der Waals surface area contributed by atoms with Crippen molar-refractivity contribution in [1.29, 1.82) is 0 Å². The molecule has 1 nitrogen and oxygen atoms in total. The number of hydrogen-bond acceptors (Lipinski definition) is 3. The number of aryl methyl sites for hydroxylation is 2. The molecule has 3 heteroatoms. The van der Waals surface area contributed by atoms with Crippen LogP contribution in [0.2, 0.25) is 0 Å². The maximum atomic E-state index is 13.5. The fourth-order valence-electron chi connectivity index (χ4n) is 5.17. The molecular formula is C33H36OS2. The van der Waals surface area contributed by atoms with Gasteiger partial charge in [0.2, 0.25) is 0 Å². The van der Waals surface area contributed by atoms with Crippen LogP contribution >= 0.6 is 22.7 Å². The van der Waals surface area contributed by atoms with Crippen LogP contribution in [0.1, 0.15) is 90.9 Å². The van der Waals surface area contributed by atoms with Gasteiger partial charge in [-0.3, -0.25) is 4.79 Å². The average molecular weight is 513 g/mol. The maximum Gasteiger partial charge on any atom is 0.194 e. The highest BCUT2D eigenvalue weighted by Crippen LogP contribution is 2.42. The summed E-state index contributed by atoms with van der Waals surface area (Å²) in [5.41, 5.74) is 6.16. The molecule has 186 valence electrons. The monoisotopic (exact) mass is 512 g/mol. The van der Waals surface area contributed by atoms with Gasteiger partial charge in [0.25, 0.3) is 0 Å². The molecule has 0 saturated carbocycles. The zero-order valence-corrected chi connectivity index (χ0v) is 23.2. The van der Waals surface area contributed by atoms with Crippen LogP contribution in [0.25, 0.3) is 32.0 Å². The van der Waals surface area contributed by atoms with Gasteiger partial charge in [-0.1, -0.05) is 76.6 Å². The molecule has 0 saturated heterocycles. The van der Waals surface area contributed by atoms with Gasteiger partial charge in [-0.25, -0.2) is 0 Å². The summed E-state index contributed by atoms with van der Waals surface area (Å²) in [7, 11) is 0. The van der Waals surface area contributed by atoms with Crippen LogP contribution in [0, 0.1) is 0 Å². The third kappa shape index (κ3) is 5.43. The van der Waals surface area contributed by atoms with Gasteiger partial charge >= 0.3 is 0 Å². The molecule has 0 N–H and O–H groups in total. The number of carbonyl (C=O) groups excluding carboxylic acids is 1. The van der Waals surface area contributed by atoms with Gasteiger partial charge in [0.1, 0.15) is 0 Å². The van der Waals surface area contributed by atoms with E-state index in [-0.39, 0.29) is 5.78 Å². The summed E-state index contributed by atoms with van der Waals surface area (Å²) < 4.78 is 0.